The summed E-state index contributed by atoms with van der Waals surface area (Å²) in [6.07, 6.45) is 0. The number of hydrogen-bond acceptors (Lipinski definition) is 12. The van der Waals surface area contributed by atoms with Gasteiger partial charge in [-0.1, -0.05) is 78.9 Å². The third kappa shape index (κ3) is 13.1. The number of aromatic hydroxyl groups is 4. The Labute approximate surface area is 387 Å². The van der Waals surface area contributed by atoms with Gasteiger partial charge in [0.2, 0.25) is 0 Å². The maximum atomic E-state index is 13.6. The Morgan fingerprint density at radius 2 is 0.642 bits per heavy atom. The first kappa shape index (κ1) is 44.8. The standard InChI is InChI=1S/C55H46O12/c56-44-16-6-37(7-17-44)31-63-51-24-14-41(26-53(51)65-33-39-10-20-46(58)21-11-39)35-61-49-28-43(55(60)67-48-4-2-1-3-5-48)29-50(30-49)62-36-42-15-25-52(64-32-38-8-18-45(57)19-9-38)54(27-42)66-34-40-12-22-47(59)23-13-40/h1-30,56-59H,31-36H2. The van der Waals surface area contributed by atoms with Crippen molar-refractivity contribution in [3.05, 3.63) is 221 Å². The van der Waals surface area contributed by atoms with Crippen LogP contribution in [0.3, 0.4) is 0 Å². The molecule has 0 atom stereocenters. The lowest BCUT2D eigenvalue weighted by Gasteiger charge is -2.16. The molecule has 4 N–H and O–H groups in total. The molecule has 67 heavy (non-hydrogen) atoms. The Morgan fingerprint density at radius 1 is 0.313 bits per heavy atom. The molecule has 0 aliphatic heterocycles. The molecule has 0 saturated heterocycles. The fraction of sp³-hybridized carbons (Fsp3) is 0.109. The lowest BCUT2D eigenvalue weighted by molar-refractivity contribution is 0.0733. The van der Waals surface area contributed by atoms with Gasteiger partial charge in [-0.15, -0.1) is 0 Å². The zero-order chi connectivity index (χ0) is 46.4. The normalized spacial score (nSPS) is 10.7. The summed E-state index contributed by atoms with van der Waals surface area (Å²) in [4.78, 5) is 13.6. The van der Waals surface area contributed by atoms with Crippen molar-refractivity contribution in [2.45, 2.75) is 39.6 Å². The average Bonchev–Trinajstić information content (AvgIpc) is 3.35. The van der Waals surface area contributed by atoms with E-state index in [-0.39, 0.29) is 68.2 Å². The van der Waals surface area contributed by atoms with Crippen LogP contribution in [0.25, 0.3) is 0 Å². The van der Waals surface area contributed by atoms with Gasteiger partial charge in [0.25, 0.3) is 0 Å². The van der Waals surface area contributed by atoms with E-state index >= 15 is 0 Å². The Kier molecular flexibility index (Phi) is 14.5. The van der Waals surface area contributed by atoms with Crippen LogP contribution < -0.4 is 33.2 Å². The monoisotopic (exact) mass is 898 g/mol. The highest BCUT2D eigenvalue weighted by Gasteiger charge is 2.16. The van der Waals surface area contributed by atoms with Crippen LogP contribution in [0.4, 0.5) is 0 Å². The number of benzene rings is 8. The molecule has 0 fully saturated rings. The number of hydrogen-bond donors (Lipinski definition) is 4. The highest BCUT2D eigenvalue weighted by molar-refractivity contribution is 5.92. The van der Waals surface area contributed by atoms with E-state index in [0.29, 0.717) is 40.2 Å². The predicted molar refractivity (Wildman–Crippen MR) is 249 cm³/mol. The quantitative estimate of drug-likeness (QED) is 0.0424. The molecule has 8 aromatic carbocycles. The van der Waals surface area contributed by atoms with Gasteiger partial charge in [0.1, 0.15) is 79.9 Å². The lowest BCUT2D eigenvalue weighted by Crippen LogP contribution is -2.09. The van der Waals surface area contributed by atoms with Crippen molar-refractivity contribution in [2.24, 2.45) is 0 Å². The molecule has 0 aliphatic carbocycles. The number of phenolic OH excluding ortho intramolecular Hbond substituents is 4. The van der Waals surface area contributed by atoms with E-state index in [1.165, 1.54) is 0 Å². The van der Waals surface area contributed by atoms with Gasteiger partial charge in [0.15, 0.2) is 23.0 Å². The molecule has 0 amide bonds. The summed E-state index contributed by atoms with van der Waals surface area (Å²) in [6, 6.07) is 51.5. The Balaban J connectivity index is 1.01. The van der Waals surface area contributed by atoms with Crippen LogP contribution in [-0.4, -0.2) is 26.4 Å². The predicted octanol–water partition coefficient (Wildman–Crippen LogP) is 11.2. The van der Waals surface area contributed by atoms with Crippen molar-refractivity contribution in [3.63, 3.8) is 0 Å². The van der Waals surface area contributed by atoms with Crippen molar-refractivity contribution in [1.82, 2.24) is 0 Å². The summed E-state index contributed by atoms with van der Waals surface area (Å²) < 4.78 is 43.1. The summed E-state index contributed by atoms with van der Waals surface area (Å²) in [5, 5.41) is 39.0. The van der Waals surface area contributed by atoms with E-state index in [0.717, 1.165) is 33.4 Å². The summed E-state index contributed by atoms with van der Waals surface area (Å²) in [5.74, 6) is 2.96. The Hall–Kier alpha value is -8.77. The van der Waals surface area contributed by atoms with Crippen LogP contribution in [-0.2, 0) is 39.6 Å². The second-order valence-corrected chi connectivity index (χ2v) is 15.4. The van der Waals surface area contributed by atoms with Crippen molar-refractivity contribution >= 4 is 5.97 Å². The Morgan fingerprint density at radius 3 is 1.01 bits per heavy atom. The average molecular weight is 899 g/mol. The number of carbonyl (C=O) groups excluding carboxylic acids is 1. The van der Waals surface area contributed by atoms with Crippen molar-refractivity contribution < 1.29 is 58.4 Å². The molecule has 0 unspecified atom stereocenters. The maximum absolute atomic E-state index is 13.6. The van der Waals surface area contributed by atoms with Crippen LogP contribution >= 0.6 is 0 Å². The van der Waals surface area contributed by atoms with Crippen molar-refractivity contribution in [1.29, 1.82) is 0 Å². The van der Waals surface area contributed by atoms with Gasteiger partial charge < -0.3 is 53.6 Å². The molecule has 338 valence electrons. The van der Waals surface area contributed by atoms with E-state index in [2.05, 4.69) is 0 Å². The lowest BCUT2D eigenvalue weighted by atomic mass is 10.1. The maximum Gasteiger partial charge on any atom is 0.343 e. The molecule has 0 aliphatic rings. The fourth-order valence-electron chi connectivity index (χ4n) is 6.61. The van der Waals surface area contributed by atoms with Gasteiger partial charge in [0.05, 0.1) is 5.56 Å². The molecular weight excluding hydrogens is 853 g/mol. The fourth-order valence-corrected chi connectivity index (χ4v) is 6.61. The second kappa shape index (κ2) is 21.7. The number of rotatable bonds is 20. The third-order valence-electron chi connectivity index (χ3n) is 10.2. The molecule has 0 saturated carbocycles. The molecule has 0 spiro atoms. The summed E-state index contributed by atoms with van der Waals surface area (Å²) >= 11 is 0. The van der Waals surface area contributed by atoms with Crippen LogP contribution in [0.2, 0.25) is 0 Å². The molecule has 12 nitrogen and oxygen atoms in total. The first-order chi connectivity index (χ1) is 32.7. The molecule has 8 aromatic rings. The topological polar surface area (TPSA) is 163 Å². The minimum Gasteiger partial charge on any atom is -0.508 e. The van der Waals surface area contributed by atoms with Crippen LogP contribution in [0.5, 0.6) is 63.2 Å². The van der Waals surface area contributed by atoms with E-state index in [1.54, 1.807) is 152 Å². The minimum absolute atomic E-state index is 0.0811. The summed E-state index contributed by atoms with van der Waals surface area (Å²) in [6.45, 7) is 1.03. The Bertz CT molecular complexity index is 2700. The van der Waals surface area contributed by atoms with Crippen molar-refractivity contribution in [3.8, 4) is 63.2 Å². The summed E-state index contributed by atoms with van der Waals surface area (Å²) in [7, 11) is 0. The van der Waals surface area contributed by atoms with Crippen LogP contribution in [0, 0.1) is 0 Å². The molecule has 12 heteroatoms. The highest BCUT2D eigenvalue weighted by atomic mass is 16.5. The third-order valence-corrected chi connectivity index (χ3v) is 10.2. The van der Waals surface area contributed by atoms with Crippen molar-refractivity contribution in [2.75, 3.05) is 0 Å². The smallest absolute Gasteiger partial charge is 0.343 e. The number of carbonyl (C=O) groups is 1. The van der Waals surface area contributed by atoms with Crippen LogP contribution in [0.15, 0.2) is 182 Å². The minimum atomic E-state index is -0.610. The van der Waals surface area contributed by atoms with Gasteiger partial charge in [0, 0.05) is 6.07 Å². The molecule has 0 heterocycles. The van der Waals surface area contributed by atoms with Gasteiger partial charge in [-0.2, -0.15) is 0 Å². The van der Waals surface area contributed by atoms with E-state index < -0.39 is 5.97 Å². The van der Waals surface area contributed by atoms with E-state index in [4.69, 9.17) is 33.2 Å². The zero-order valence-corrected chi connectivity index (χ0v) is 36.1. The first-order valence-corrected chi connectivity index (χ1v) is 21.2. The molecule has 0 radical (unpaired) electrons. The number of phenols is 4. The van der Waals surface area contributed by atoms with E-state index in [9.17, 15) is 25.2 Å². The van der Waals surface area contributed by atoms with Gasteiger partial charge in [-0.25, -0.2) is 4.79 Å². The van der Waals surface area contributed by atoms with Crippen LogP contribution in [0.1, 0.15) is 43.7 Å². The van der Waals surface area contributed by atoms with Gasteiger partial charge in [-0.05, 0) is 130 Å². The number of esters is 1. The highest BCUT2D eigenvalue weighted by Crippen LogP contribution is 2.34. The number of ether oxygens (including phenoxy) is 7. The number of para-hydroxylation sites is 1. The summed E-state index contributed by atoms with van der Waals surface area (Å²) in [5.41, 5.74) is 5.06. The molecule has 0 bridgehead atoms. The zero-order valence-electron chi connectivity index (χ0n) is 36.1. The second-order valence-electron chi connectivity index (χ2n) is 15.4. The molecule has 0 aromatic heterocycles. The molecule has 8 rings (SSSR count). The largest absolute Gasteiger partial charge is 0.508 e. The SMILES string of the molecule is O=C(Oc1ccccc1)c1cc(OCc2ccc(OCc3ccc(O)cc3)c(OCc3ccc(O)cc3)c2)cc(OCc2ccc(OCc3ccc(O)cc3)c(OCc3ccc(O)cc3)c2)c1. The van der Waals surface area contributed by atoms with Gasteiger partial charge >= 0.3 is 5.97 Å². The van der Waals surface area contributed by atoms with E-state index in [1.807, 2.05) is 30.3 Å². The first-order valence-electron chi connectivity index (χ1n) is 21.2. The molecular formula is C55H46O12. The van der Waals surface area contributed by atoms with Gasteiger partial charge in [-0.3, -0.25) is 0 Å².